The minimum absolute atomic E-state index is 0.0678. The van der Waals surface area contributed by atoms with E-state index in [2.05, 4.69) is 25.8 Å². The van der Waals surface area contributed by atoms with E-state index in [-0.39, 0.29) is 23.9 Å². The highest BCUT2D eigenvalue weighted by Crippen LogP contribution is 2.29. The van der Waals surface area contributed by atoms with Gasteiger partial charge < -0.3 is 14.3 Å². The number of oxime groups is 1. The smallest absolute Gasteiger partial charge is 0.387 e. The molecule has 0 heterocycles. The molecule has 8 heteroatoms. The summed E-state index contributed by atoms with van der Waals surface area (Å²) in [6.07, 6.45) is 1.40. The van der Waals surface area contributed by atoms with Crippen LogP contribution in [0.3, 0.4) is 0 Å². The first-order valence-corrected chi connectivity index (χ1v) is 7.51. The van der Waals surface area contributed by atoms with Gasteiger partial charge in [0.1, 0.15) is 12.4 Å². The van der Waals surface area contributed by atoms with Crippen molar-refractivity contribution in [1.29, 1.82) is 0 Å². The van der Waals surface area contributed by atoms with Crippen molar-refractivity contribution in [3.8, 4) is 11.5 Å². The van der Waals surface area contributed by atoms with E-state index in [4.69, 9.17) is 9.57 Å². The van der Waals surface area contributed by atoms with Crippen LogP contribution in [-0.2, 0) is 11.4 Å². The molecule has 0 unspecified atom stereocenters. The Labute approximate surface area is 145 Å². The number of hydrogen-bond acceptors (Lipinski definition) is 4. The highest BCUT2D eigenvalue weighted by atomic mass is 79.9. The number of methoxy groups -OCH3 is 1. The third-order valence-corrected chi connectivity index (χ3v) is 3.50. The third kappa shape index (κ3) is 5.16. The highest BCUT2D eigenvalue weighted by Gasteiger charge is 2.10. The van der Waals surface area contributed by atoms with Crippen LogP contribution in [-0.4, -0.2) is 19.9 Å². The van der Waals surface area contributed by atoms with Crippen molar-refractivity contribution >= 4 is 22.1 Å². The van der Waals surface area contributed by atoms with Gasteiger partial charge in [-0.25, -0.2) is 4.39 Å². The number of rotatable bonds is 7. The van der Waals surface area contributed by atoms with Crippen molar-refractivity contribution in [2.75, 3.05) is 7.11 Å². The second-order valence-corrected chi connectivity index (χ2v) is 5.40. The summed E-state index contributed by atoms with van der Waals surface area (Å²) >= 11 is 3.08. The van der Waals surface area contributed by atoms with Crippen LogP contribution in [0.2, 0.25) is 0 Å². The maximum absolute atomic E-state index is 13.1. The first kappa shape index (κ1) is 18.1. The Hall–Kier alpha value is -2.22. The molecule has 2 rings (SSSR count). The monoisotopic (exact) mass is 403 g/mol. The van der Waals surface area contributed by atoms with Crippen LogP contribution in [0, 0.1) is 5.82 Å². The van der Waals surface area contributed by atoms with Gasteiger partial charge in [0.15, 0.2) is 11.5 Å². The summed E-state index contributed by atoms with van der Waals surface area (Å²) in [5, 5.41) is 3.78. The van der Waals surface area contributed by atoms with Gasteiger partial charge in [-0.3, -0.25) is 0 Å². The largest absolute Gasteiger partial charge is 0.493 e. The zero-order chi connectivity index (χ0) is 17.5. The van der Waals surface area contributed by atoms with Gasteiger partial charge in [0, 0.05) is 5.56 Å². The van der Waals surface area contributed by atoms with Crippen LogP contribution in [0.5, 0.6) is 11.5 Å². The Morgan fingerprint density at radius 1 is 1.17 bits per heavy atom. The third-order valence-electron chi connectivity index (χ3n) is 2.90. The number of alkyl halides is 2. The lowest BCUT2D eigenvalue weighted by atomic mass is 10.2. The summed E-state index contributed by atoms with van der Waals surface area (Å²) in [6.45, 7) is -2.78. The number of ether oxygens (including phenoxy) is 2. The minimum atomic E-state index is -2.93. The highest BCUT2D eigenvalue weighted by molar-refractivity contribution is 9.10. The Kier molecular flexibility index (Phi) is 6.48. The molecule has 0 aromatic heterocycles. The fourth-order valence-corrected chi connectivity index (χ4v) is 2.22. The van der Waals surface area contributed by atoms with E-state index in [0.29, 0.717) is 10.0 Å². The van der Waals surface area contributed by atoms with Gasteiger partial charge in [-0.05, 0) is 51.8 Å². The lowest BCUT2D eigenvalue weighted by molar-refractivity contribution is -0.0512. The quantitative estimate of drug-likeness (QED) is 0.494. The number of benzene rings is 2. The standard InChI is InChI=1S/C16H13BrF3NO3/c1-22-15-7-10(3-5-14(15)24-16(19)20)8-21-23-9-11-2-4-13(18)12(17)6-11/h2-8,16H,9H2,1H3/b21-8+. The molecule has 0 radical (unpaired) electrons. The van der Waals surface area contributed by atoms with Gasteiger partial charge in [-0.2, -0.15) is 8.78 Å². The minimum Gasteiger partial charge on any atom is -0.493 e. The van der Waals surface area contributed by atoms with Crippen LogP contribution in [0.25, 0.3) is 0 Å². The second kappa shape index (κ2) is 8.58. The topological polar surface area (TPSA) is 40.0 Å². The van der Waals surface area contributed by atoms with Crippen molar-refractivity contribution < 1.29 is 27.5 Å². The first-order valence-electron chi connectivity index (χ1n) is 6.71. The van der Waals surface area contributed by atoms with Gasteiger partial charge in [-0.1, -0.05) is 11.2 Å². The molecule has 0 aliphatic rings. The van der Waals surface area contributed by atoms with Gasteiger partial charge in [-0.15, -0.1) is 0 Å². The maximum Gasteiger partial charge on any atom is 0.387 e. The van der Waals surface area contributed by atoms with Crippen molar-refractivity contribution in [1.82, 2.24) is 0 Å². The summed E-state index contributed by atoms with van der Waals surface area (Å²) in [6, 6.07) is 8.85. The molecule has 0 saturated heterocycles. The second-order valence-electron chi connectivity index (χ2n) is 4.55. The molecule has 4 nitrogen and oxygen atoms in total. The molecule has 0 aliphatic heterocycles. The number of nitrogens with zero attached hydrogens (tertiary/aromatic N) is 1. The van der Waals surface area contributed by atoms with Gasteiger partial charge in [0.05, 0.1) is 17.8 Å². The Morgan fingerprint density at radius 2 is 1.96 bits per heavy atom. The molecule has 0 spiro atoms. The van der Waals surface area contributed by atoms with E-state index >= 15 is 0 Å². The molecule has 2 aromatic carbocycles. The van der Waals surface area contributed by atoms with E-state index in [1.54, 1.807) is 12.1 Å². The summed E-state index contributed by atoms with van der Waals surface area (Å²) < 4.78 is 47.3. The molecule has 0 atom stereocenters. The zero-order valence-corrected chi connectivity index (χ0v) is 14.1. The van der Waals surface area contributed by atoms with Gasteiger partial charge in [0.25, 0.3) is 0 Å². The predicted molar refractivity (Wildman–Crippen MR) is 86.1 cm³/mol. The average molecular weight is 404 g/mol. The molecule has 0 amide bonds. The van der Waals surface area contributed by atoms with Gasteiger partial charge >= 0.3 is 6.61 Å². The fraction of sp³-hybridized carbons (Fsp3) is 0.188. The van der Waals surface area contributed by atoms with Crippen molar-refractivity contribution in [2.24, 2.45) is 5.16 Å². The zero-order valence-electron chi connectivity index (χ0n) is 12.5. The van der Waals surface area contributed by atoms with Crippen molar-refractivity contribution in [3.05, 3.63) is 57.8 Å². The van der Waals surface area contributed by atoms with Crippen LogP contribution < -0.4 is 9.47 Å². The molecule has 0 bridgehead atoms. The molecule has 0 fully saturated rings. The summed E-state index contributed by atoms with van der Waals surface area (Å²) in [5.74, 6) is -0.274. The molecule has 0 N–H and O–H groups in total. The number of hydrogen-bond donors (Lipinski definition) is 0. The molecular weight excluding hydrogens is 391 g/mol. The SMILES string of the molecule is COc1cc(/C=N/OCc2ccc(F)c(Br)c2)ccc1OC(F)F. The molecule has 2 aromatic rings. The summed E-state index contributed by atoms with van der Waals surface area (Å²) in [7, 11) is 1.34. The van der Waals surface area contributed by atoms with Crippen LogP contribution in [0.4, 0.5) is 13.2 Å². The van der Waals surface area contributed by atoms with Crippen LogP contribution in [0.15, 0.2) is 46.0 Å². The van der Waals surface area contributed by atoms with Crippen molar-refractivity contribution in [3.63, 3.8) is 0 Å². The maximum atomic E-state index is 13.1. The first-order chi connectivity index (χ1) is 11.5. The molecule has 128 valence electrons. The van der Waals surface area contributed by atoms with Crippen LogP contribution in [0.1, 0.15) is 11.1 Å². The molecule has 24 heavy (non-hydrogen) atoms. The Balaban J connectivity index is 1.97. The number of halogens is 4. The molecule has 0 aliphatic carbocycles. The normalized spacial score (nSPS) is 11.1. The van der Waals surface area contributed by atoms with E-state index in [0.717, 1.165) is 5.56 Å². The average Bonchev–Trinajstić information content (AvgIpc) is 2.55. The van der Waals surface area contributed by atoms with Crippen LogP contribution >= 0.6 is 15.9 Å². The van der Waals surface area contributed by atoms with E-state index in [1.165, 1.54) is 37.6 Å². The van der Waals surface area contributed by atoms with E-state index in [1.807, 2.05) is 0 Å². The molecular formula is C16H13BrF3NO3. The lowest BCUT2D eigenvalue weighted by Crippen LogP contribution is -2.03. The predicted octanol–water partition coefficient (Wildman–Crippen LogP) is 4.75. The van der Waals surface area contributed by atoms with E-state index < -0.39 is 6.61 Å². The Morgan fingerprint density at radius 3 is 2.62 bits per heavy atom. The lowest BCUT2D eigenvalue weighted by Gasteiger charge is -2.09. The summed E-state index contributed by atoms with van der Waals surface area (Å²) in [4.78, 5) is 5.12. The fourth-order valence-electron chi connectivity index (χ4n) is 1.80. The Bertz CT molecular complexity index is 726. The molecule has 0 saturated carbocycles. The van der Waals surface area contributed by atoms with Crippen molar-refractivity contribution in [2.45, 2.75) is 13.2 Å². The summed E-state index contributed by atoms with van der Waals surface area (Å²) in [5.41, 5.74) is 1.31. The van der Waals surface area contributed by atoms with Gasteiger partial charge in [0.2, 0.25) is 0 Å². The van der Waals surface area contributed by atoms with E-state index in [9.17, 15) is 13.2 Å².